The van der Waals surface area contributed by atoms with Crippen LogP contribution in [0.1, 0.15) is 10.5 Å². The number of nitrogens with two attached hydrogens (primary N) is 1. The van der Waals surface area contributed by atoms with E-state index in [1.165, 1.54) is 24.3 Å². The summed E-state index contributed by atoms with van der Waals surface area (Å²) in [6, 6.07) is 8.68. The lowest BCUT2D eigenvalue weighted by Crippen LogP contribution is -2.16. The lowest BCUT2D eigenvalue weighted by atomic mass is 10.3. The summed E-state index contributed by atoms with van der Waals surface area (Å²) in [4.78, 5) is 15.9. The van der Waals surface area contributed by atoms with E-state index < -0.39 is 11.7 Å². The van der Waals surface area contributed by atoms with E-state index in [1.807, 2.05) is 0 Å². The Morgan fingerprint density at radius 1 is 1.32 bits per heavy atom. The van der Waals surface area contributed by atoms with Crippen LogP contribution in [-0.2, 0) is 0 Å². The summed E-state index contributed by atoms with van der Waals surface area (Å²) in [5.41, 5.74) is 2.90. The average molecular weight is 281 g/mol. The molecule has 2 aromatic rings. The molecule has 98 valence electrons. The zero-order chi connectivity index (χ0) is 13.8. The van der Waals surface area contributed by atoms with Gasteiger partial charge in [0.25, 0.3) is 5.91 Å². The van der Waals surface area contributed by atoms with Crippen molar-refractivity contribution in [2.45, 2.75) is 0 Å². The molecule has 0 spiro atoms. The van der Waals surface area contributed by atoms with Gasteiger partial charge in [-0.1, -0.05) is 17.7 Å². The van der Waals surface area contributed by atoms with E-state index >= 15 is 0 Å². The molecule has 1 heterocycles. The molecular weight excluding hydrogens is 271 g/mol. The molecule has 0 aliphatic heterocycles. The fourth-order valence-corrected chi connectivity index (χ4v) is 1.59. The minimum absolute atomic E-state index is 0.0665. The van der Waals surface area contributed by atoms with E-state index in [-0.39, 0.29) is 10.7 Å². The molecule has 19 heavy (non-hydrogen) atoms. The number of amides is 1. The van der Waals surface area contributed by atoms with Gasteiger partial charge < -0.3 is 10.7 Å². The number of hydrazine groups is 1. The third-order valence-electron chi connectivity index (χ3n) is 2.31. The van der Waals surface area contributed by atoms with Gasteiger partial charge in [-0.25, -0.2) is 15.2 Å². The Labute approximate surface area is 113 Å². The lowest BCUT2D eigenvalue weighted by molar-refractivity contribution is 0.102. The smallest absolute Gasteiger partial charge is 0.274 e. The number of nitrogens with zero attached hydrogens (tertiary/aromatic N) is 1. The molecule has 0 unspecified atom stereocenters. The molecule has 0 bridgehead atoms. The summed E-state index contributed by atoms with van der Waals surface area (Å²) < 4.78 is 13.0. The number of halogens is 2. The average Bonchev–Trinajstić information content (AvgIpc) is 2.43. The van der Waals surface area contributed by atoms with Crippen LogP contribution in [0.25, 0.3) is 0 Å². The van der Waals surface area contributed by atoms with Crippen LogP contribution in [0.2, 0.25) is 5.02 Å². The topological polar surface area (TPSA) is 80.0 Å². The Bertz CT molecular complexity index is 620. The fourth-order valence-electron chi connectivity index (χ4n) is 1.41. The summed E-state index contributed by atoms with van der Waals surface area (Å²) in [6.45, 7) is 0. The van der Waals surface area contributed by atoms with E-state index in [1.54, 1.807) is 12.1 Å². The van der Waals surface area contributed by atoms with Gasteiger partial charge in [0.05, 0.1) is 5.02 Å². The van der Waals surface area contributed by atoms with Gasteiger partial charge in [0, 0.05) is 5.69 Å². The second-order valence-corrected chi connectivity index (χ2v) is 4.04. The highest BCUT2D eigenvalue weighted by Crippen LogP contribution is 2.19. The van der Waals surface area contributed by atoms with E-state index in [9.17, 15) is 9.18 Å². The van der Waals surface area contributed by atoms with Crippen LogP contribution in [0.3, 0.4) is 0 Å². The molecule has 1 aromatic carbocycles. The minimum Gasteiger partial charge on any atom is -0.321 e. The number of carbonyl (C=O) groups excluding carboxylic acids is 1. The standard InChI is InChI=1S/C12H10ClFN4O/c13-8-6-7(4-5-9(8)14)16-12(19)10-2-1-3-11(17-10)18-15/h1-6H,15H2,(H,16,19)(H,17,18). The summed E-state index contributed by atoms with van der Waals surface area (Å²) in [5, 5.41) is 2.49. The third kappa shape index (κ3) is 3.18. The van der Waals surface area contributed by atoms with Crippen molar-refractivity contribution < 1.29 is 9.18 Å². The highest BCUT2D eigenvalue weighted by atomic mass is 35.5. The van der Waals surface area contributed by atoms with Gasteiger partial charge in [-0.2, -0.15) is 0 Å². The molecule has 0 atom stereocenters. The summed E-state index contributed by atoms with van der Waals surface area (Å²) in [7, 11) is 0. The Morgan fingerprint density at radius 3 is 2.79 bits per heavy atom. The van der Waals surface area contributed by atoms with E-state index in [4.69, 9.17) is 17.4 Å². The van der Waals surface area contributed by atoms with Gasteiger partial charge in [0.1, 0.15) is 17.3 Å². The van der Waals surface area contributed by atoms with Crippen LogP contribution in [0, 0.1) is 5.82 Å². The molecule has 0 aliphatic carbocycles. The number of hydrogen-bond acceptors (Lipinski definition) is 4. The molecule has 7 heteroatoms. The number of benzene rings is 1. The molecule has 5 nitrogen and oxygen atoms in total. The predicted octanol–water partition coefficient (Wildman–Crippen LogP) is 2.41. The summed E-state index contributed by atoms with van der Waals surface area (Å²) in [5.74, 6) is 4.58. The number of pyridine rings is 1. The van der Waals surface area contributed by atoms with Crippen molar-refractivity contribution in [2.75, 3.05) is 10.7 Å². The maximum absolute atomic E-state index is 13.0. The van der Waals surface area contributed by atoms with E-state index in [0.717, 1.165) is 0 Å². The van der Waals surface area contributed by atoms with Gasteiger partial charge in [-0.15, -0.1) is 0 Å². The Balaban J connectivity index is 2.18. The number of anilines is 2. The Kier molecular flexibility index (Phi) is 3.94. The number of hydrogen-bond donors (Lipinski definition) is 3. The molecule has 0 aliphatic rings. The van der Waals surface area contributed by atoms with Crippen LogP contribution in [0.4, 0.5) is 15.9 Å². The third-order valence-corrected chi connectivity index (χ3v) is 2.60. The minimum atomic E-state index is -0.549. The second kappa shape index (κ2) is 5.64. The monoisotopic (exact) mass is 280 g/mol. The Morgan fingerprint density at radius 2 is 2.11 bits per heavy atom. The number of nitrogens with one attached hydrogen (secondary N) is 2. The second-order valence-electron chi connectivity index (χ2n) is 3.64. The molecule has 4 N–H and O–H groups in total. The van der Waals surface area contributed by atoms with Crippen LogP contribution in [0.15, 0.2) is 36.4 Å². The zero-order valence-electron chi connectivity index (χ0n) is 9.65. The first-order valence-electron chi connectivity index (χ1n) is 5.30. The summed E-state index contributed by atoms with van der Waals surface area (Å²) >= 11 is 5.62. The SMILES string of the molecule is NNc1cccc(C(=O)Nc2ccc(F)c(Cl)c2)n1. The predicted molar refractivity (Wildman–Crippen MR) is 71.4 cm³/mol. The molecule has 2 rings (SSSR count). The van der Waals surface area contributed by atoms with Gasteiger partial charge in [-0.3, -0.25) is 4.79 Å². The van der Waals surface area contributed by atoms with Crippen molar-refractivity contribution in [3.05, 3.63) is 52.9 Å². The van der Waals surface area contributed by atoms with Gasteiger partial charge in [0.2, 0.25) is 0 Å². The van der Waals surface area contributed by atoms with E-state index in [2.05, 4.69) is 15.7 Å². The number of nitrogen functional groups attached to an aromatic ring is 1. The van der Waals surface area contributed by atoms with E-state index in [0.29, 0.717) is 11.5 Å². The molecule has 1 aromatic heterocycles. The van der Waals surface area contributed by atoms with Gasteiger partial charge in [0.15, 0.2) is 0 Å². The summed E-state index contributed by atoms with van der Waals surface area (Å²) in [6.07, 6.45) is 0. The highest BCUT2D eigenvalue weighted by Gasteiger charge is 2.09. The van der Waals surface area contributed by atoms with Crippen molar-refractivity contribution in [1.29, 1.82) is 0 Å². The van der Waals surface area contributed by atoms with Crippen molar-refractivity contribution in [3.8, 4) is 0 Å². The zero-order valence-corrected chi connectivity index (χ0v) is 10.4. The quantitative estimate of drug-likeness (QED) is 0.596. The van der Waals surface area contributed by atoms with Crippen LogP contribution >= 0.6 is 11.6 Å². The molecular formula is C12H10ClFN4O. The lowest BCUT2D eigenvalue weighted by Gasteiger charge is -2.06. The fraction of sp³-hybridized carbons (Fsp3) is 0. The number of rotatable bonds is 3. The number of carbonyl (C=O) groups is 1. The van der Waals surface area contributed by atoms with Crippen molar-refractivity contribution in [3.63, 3.8) is 0 Å². The molecule has 0 saturated heterocycles. The first-order chi connectivity index (χ1) is 9.10. The highest BCUT2D eigenvalue weighted by molar-refractivity contribution is 6.31. The largest absolute Gasteiger partial charge is 0.321 e. The first-order valence-corrected chi connectivity index (χ1v) is 5.68. The maximum atomic E-state index is 13.0. The van der Waals surface area contributed by atoms with Crippen LogP contribution in [-0.4, -0.2) is 10.9 Å². The van der Waals surface area contributed by atoms with Crippen molar-refractivity contribution in [1.82, 2.24) is 4.98 Å². The van der Waals surface area contributed by atoms with Crippen molar-refractivity contribution >= 4 is 29.0 Å². The van der Waals surface area contributed by atoms with Gasteiger partial charge >= 0.3 is 0 Å². The normalized spacial score (nSPS) is 10.1. The van der Waals surface area contributed by atoms with Gasteiger partial charge in [-0.05, 0) is 30.3 Å². The molecule has 1 amide bonds. The molecule has 0 radical (unpaired) electrons. The first kappa shape index (κ1) is 13.3. The number of aromatic nitrogens is 1. The van der Waals surface area contributed by atoms with Crippen molar-refractivity contribution in [2.24, 2.45) is 5.84 Å². The molecule has 0 saturated carbocycles. The maximum Gasteiger partial charge on any atom is 0.274 e. The Hall–Kier alpha value is -2.18. The van der Waals surface area contributed by atoms with Crippen LogP contribution in [0.5, 0.6) is 0 Å². The molecule has 0 fully saturated rings. The van der Waals surface area contributed by atoms with Crippen LogP contribution < -0.4 is 16.6 Å².